The van der Waals surface area contributed by atoms with Crippen LogP contribution in [0, 0.1) is 0 Å². The molecule has 2 rings (SSSR count). The van der Waals surface area contributed by atoms with Crippen molar-refractivity contribution in [3.8, 4) is 0 Å². The van der Waals surface area contributed by atoms with Gasteiger partial charge >= 0.3 is 5.97 Å². The van der Waals surface area contributed by atoms with Crippen LogP contribution >= 0.6 is 0 Å². The van der Waals surface area contributed by atoms with E-state index >= 15 is 0 Å². The van der Waals surface area contributed by atoms with Crippen molar-refractivity contribution < 1.29 is 43.5 Å². The topological polar surface area (TPSA) is 141 Å². The number of aliphatic hydroxyl groups is 2. The Kier molecular flexibility index (Phi) is 37.3. The molecule has 0 radical (unpaired) electrons. The van der Waals surface area contributed by atoms with Gasteiger partial charge in [0.05, 0.1) is 19.8 Å². The number of carbonyl (C=O) groups excluding carboxylic acids is 3. The number of hydrogen-bond acceptors (Lipinski definition) is 9. The minimum absolute atomic E-state index is 0.00955. The molecule has 0 aromatic heterocycles. The van der Waals surface area contributed by atoms with E-state index in [0.29, 0.717) is 26.1 Å². The lowest BCUT2D eigenvalue weighted by atomic mass is 9.96. The fraction of sp³-hybridized carbons (Fsp3) is 0.744. The van der Waals surface area contributed by atoms with Gasteiger partial charge in [-0.15, -0.1) is 6.58 Å². The highest BCUT2D eigenvalue weighted by Gasteiger charge is 2.49. The molecule has 0 spiro atoms. The monoisotopic (exact) mass is 752 g/mol. The van der Waals surface area contributed by atoms with Crippen molar-refractivity contribution in [2.45, 2.75) is 188 Å². The number of nitrogens with one attached hydrogen (secondary N) is 1. The van der Waals surface area contributed by atoms with Gasteiger partial charge in [-0.3, -0.25) is 14.4 Å². The van der Waals surface area contributed by atoms with Crippen LogP contribution in [0.5, 0.6) is 0 Å². The number of carbonyl (C=O) groups is 3. The Hall–Kier alpha value is -2.63. The molecular formula is C43H77NO9. The third-order valence-corrected chi connectivity index (χ3v) is 8.18. The molecule has 5 unspecified atom stereocenters. The minimum atomic E-state index is -1.33. The lowest BCUT2D eigenvalue weighted by Crippen LogP contribution is -2.66. The second-order valence-electron chi connectivity index (χ2n) is 12.7. The maximum atomic E-state index is 12.8. The quantitative estimate of drug-likeness (QED) is 0.0367. The lowest BCUT2D eigenvalue weighted by molar-refractivity contribution is -0.273. The van der Waals surface area contributed by atoms with E-state index < -0.39 is 43.0 Å². The summed E-state index contributed by atoms with van der Waals surface area (Å²) in [5.41, 5.74) is 0.947. The van der Waals surface area contributed by atoms with E-state index in [1.165, 1.54) is 44.6 Å². The van der Waals surface area contributed by atoms with Gasteiger partial charge in [-0.05, 0) is 24.8 Å². The van der Waals surface area contributed by atoms with E-state index in [1.807, 2.05) is 65.0 Å². The second-order valence-corrected chi connectivity index (χ2v) is 12.7. The first-order valence-electron chi connectivity index (χ1n) is 20.6. The molecule has 1 saturated heterocycles. The number of rotatable bonds is 26. The molecule has 10 nitrogen and oxygen atoms in total. The third-order valence-electron chi connectivity index (χ3n) is 8.18. The average Bonchev–Trinajstić information content (AvgIpc) is 3.17. The summed E-state index contributed by atoms with van der Waals surface area (Å²) >= 11 is 0. The van der Waals surface area contributed by atoms with Crippen molar-refractivity contribution in [3.05, 3.63) is 48.6 Å². The Balaban J connectivity index is 0. The Labute approximate surface area is 322 Å². The van der Waals surface area contributed by atoms with Crippen LogP contribution < -0.4 is 5.32 Å². The molecule has 1 amide bonds. The summed E-state index contributed by atoms with van der Waals surface area (Å²) in [6.45, 7) is 18.6. The zero-order chi connectivity index (χ0) is 40.1. The second kappa shape index (κ2) is 37.7. The van der Waals surface area contributed by atoms with Gasteiger partial charge in [-0.2, -0.15) is 0 Å². The predicted octanol–water partition coefficient (Wildman–Crippen LogP) is 8.79. The maximum Gasteiger partial charge on any atom is 0.313 e. The number of aliphatic hydroxyl groups excluding tert-OH is 2. The SMILES string of the molecule is C=CCOC1OC(COCc2ccccc2)C(O)C(OC(=O)CC(=O)CCCCCCC)C1NC(=O)CCC.CC.CC.CCCCCCCCCO. The van der Waals surface area contributed by atoms with Crippen LogP contribution in [0.1, 0.15) is 157 Å². The molecule has 0 saturated carbocycles. The van der Waals surface area contributed by atoms with Gasteiger partial charge in [0.2, 0.25) is 5.91 Å². The first-order valence-corrected chi connectivity index (χ1v) is 20.6. The average molecular weight is 752 g/mol. The highest BCUT2D eigenvalue weighted by molar-refractivity contribution is 5.95. The summed E-state index contributed by atoms with van der Waals surface area (Å²) < 4.78 is 23.2. The summed E-state index contributed by atoms with van der Waals surface area (Å²) in [5, 5.41) is 22.5. The van der Waals surface area contributed by atoms with Crippen LogP contribution in [-0.4, -0.2) is 78.3 Å². The molecule has 1 fully saturated rings. The summed E-state index contributed by atoms with van der Waals surface area (Å²) in [4.78, 5) is 37.7. The summed E-state index contributed by atoms with van der Waals surface area (Å²) in [5.74, 6) is -1.28. The molecule has 10 heteroatoms. The van der Waals surface area contributed by atoms with Crippen molar-refractivity contribution in [2.75, 3.05) is 19.8 Å². The largest absolute Gasteiger partial charge is 0.457 e. The number of amides is 1. The molecule has 5 atom stereocenters. The number of benzene rings is 1. The van der Waals surface area contributed by atoms with Gasteiger partial charge in [0, 0.05) is 19.4 Å². The molecule has 308 valence electrons. The van der Waals surface area contributed by atoms with Crippen LogP contribution in [-0.2, 0) is 39.9 Å². The van der Waals surface area contributed by atoms with E-state index in [1.54, 1.807) is 0 Å². The number of ketones is 1. The van der Waals surface area contributed by atoms with E-state index in [4.69, 9.17) is 24.1 Å². The zero-order valence-electron chi connectivity index (χ0n) is 34.5. The van der Waals surface area contributed by atoms with Crippen LogP contribution in [0.3, 0.4) is 0 Å². The van der Waals surface area contributed by atoms with Gasteiger partial charge in [0.1, 0.15) is 30.5 Å². The fourth-order valence-electron chi connectivity index (χ4n) is 5.44. The number of ether oxygens (including phenoxy) is 4. The summed E-state index contributed by atoms with van der Waals surface area (Å²) in [6.07, 6.45) is 11.7. The zero-order valence-corrected chi connectivity index (χ0v) is 34.5. The van der Waals surface area contributed by atoms with Gasteiger partial charge in [0.25, 0.3) is 0 Å². The van der Waals surface area contributed by atoms with Crippen molar-refractivity contribution in [2.24, 2.45) is 0 Å². The van der Waals surface area contributed by atoms with E-state index in [2.05, 4.69) is 25.7 Å². The van der Waals surface area contributed by atoms with Gasteiger partial charge in [-0.25, -0.2) is 0 Å². The highest BCUT2D eigenvalue weighted by atomic mass is 16.7. The first-order chi connectivity index (χ1) is 25.8. The smallest absolute Gasteiger partial charge is 0.313 e. The van der Waals surface area contributed by atoms with E-state index in [9.17, 15) is 19.5 Å². The molecule has 0 bridgehead atoms. The predicted molar refractivity (Wildman–Crippen MR) is 214 cm³/mol. The summed E-state index contributed by atoms with van der Waals surface area (Å²) in [7, 11) is 0. The van der Waals surface area contributed by atoms with Crippen molar-refractivity contribution in [1.82, 2.24) is 5.32 Å². The molecule has 1 heterocycles. The van der Waals surface area contributed by atoms with Crippen molar-refractivity contribution in [1.29, 1.82) is 0 Å². The molecule has 1 aromatic carbocycles. The number of esters is 1. The Morgan fingerprint density at radius 3 is 1.98 bits per heavy atom. The molecule has 1 aromatic rings. The molecular weight excluding hydrogens is 674 g/mol. The molecule has 3 N–H and O–H groups in total. The Morgan fingerprint density at radius 2 is 1.42 bits per heavy atom. The number of hydrogen-bond donors (Lipinski definition) is 3. The number of unbranched alkanes of at least 4 members (excludes halogenated alkanes) is 10. The van der Waals surface area contributed by atoms with Crippen LogP contribution in [0.15, 0.2) is 43.0 Å². The molecule has 1 aliphatic rings. The van der Waals surface area contributed by atoms with Crippen LogP contribution in [0.4, 0.5) is 0 Å². The molecule has 1 aliphatic heterocycles. The van der Waals surface area contributed by atoms with Crippen LogP contribution in [0.25, 0.3) is 0 Å². The highest BCUT2D eigenvalue weighted by Crippen LogP contribution is 2.26. The van der Waals surface area contributed by atoms with Gasteiger partial charge in [0.15, 0.2) is 12.4 Å². The van der Waals surface area contributed by atoms with Gasteiger partial charge in [-0.1, -0.05) is 149 Å². The Bertz CT molecular complexity index is 999. The standard InChI is InChI=1S/C30H45NO8.C9H20O.2C2H6/c1-4-7-8-9-13-17-23(32)19-26(34)39-29-27(31-25(33)14-5-2)30(37-18-6-3)38-24(28(29)35)21-36-20-22-15-11-10-12-16-22;1-2-3-4-5-6-7-8-9-10;2*1-2/h6,10-12,15-16,24,27-30,35H,3-5,7-9,13-14,17-21H2,1-2H3,(H,31,33);10H,2-9H2,1H3;2*1-2H3. The molecule has 0 aliphatic carbocycles. The van der Waals surface area contributed by atoms with E-state index in [0.717, 1.165) is 44.1 Å². The fourth-order valence-corrected chi connectivity index (χ4v) is 5.44. The normalized spacial score (nSPS) is 18.8. The van der Waals surface area contributed by atoms with Crippen LogP contribution in [0.2, 0.25) is 0 Å². The third kappa shape index (κ3) is 26.7. The first kappa shape index (κ1) is 52.5. The van der Waals surface area contributed by atoms with Crippen molar-refractivity contribution in [3.63, 3.8) is 0 Å². The maximum absolute atomic E-state index is 12.8. The minimum Gasteiger partial charge on any atom is -0.457 e. The number of Topliss-reactive ketones (excluding diaryl/α,β-unsaturated/α-hetero) is 1. The lowest BCUT2D eigenvalue weighted by Gasteiger charge is -2.44. The van der Waals surface area contributed by atoms with Crippen molar-refractivity contribution >= 4 is 17.7 Å². The van der Waals surface area contributed by atoms with Gasteiger partial charge < -0.3 is 34.5 Å². The van der Waals surface area contributed by atoms with E-state index in [-0.39, 0.29) is 31.3 Å². The molecule has 53 heavy (non-hydrogen) atoms. The Morgan fingerprint density at radius 1 is 0.830 bits per heavy atom. The summed E-state index contributed by atoms with van der Waals surface area (Å²) in [6, 6.07) is 8.54.